The van der Waals surface area contributed by atoms with Gasteiger partial charge in [0.25, 0.3) is 5.91 Å². The van der Waals surface area contributed by atoms with Gasteiger partial charge in [0, 0.05) is 0 Å². The topological polar surface area (TPSA) is 55.4 Å². The van der Waals surface area contributed by atoms with E-state index in [1.807, 2.05) is 6.92 Å². The quantitative estimate of drug-likeness (QED) is 0.852. The number of halogens is 1. The van der Waals surface area contributed by atoms with Crippen molar-refractivity contribution in [3.63, 3.8) is 0 Å². The first-order chi connectivity index (χ1) is 8.20. The molecule has 0 bridgehead atoms. The molecule has 17 heavy (non-hydrogen) atoms. The zero-order valence-corrected chi connectivity index (χ0v) is 10.0. The molecule has 0 aromatic carbocycles. The second-order valence-electron chi connectivity index (χ2n) is 3.61. The first-order valence-electron chi connectivity index (χ1n) is 5.19. The molecule has 0 spiro atoms. The largest absolute Gasteiger partial charge is 0.467 e. The Hall–Kier alpha value is -1.68. The molecule has 0 saturated carbocycles. The van der Waals surface area contributed by atoms with Crippen LogP contribution in [0, 0.1) is 0 Å². The van der Waals surface area contributed by atoms with Gasteiger partial charge in [0.05, 0.1) is 18.2 Å². The number of alkyl halides is 1. The second kappa shape index (κ2) is 5.10. The van der Waals surface area contributed by atoms with Crippen molar-refractivity contribution in [1.82, 2.24) is 5.32 Å². The Morgan fingerprint density at radius 1 is 1.47 bits per heavy atom. The molecule has 4 nitrogen and oxygen atoms in total. The Bertz CT molecular complexity index is 490. The summed E-state index contributed by atoms with van der Waals surface area (Å²) >= 11 is 5.59. The molecule has 2 heterocycles. The maximum absolute atomic E-state index is 11.8. The van der Waals surface area contributed by atoms with E-state index < -0.39 is 0 Å². The zero-order chi connectivity index (χ0) is 12.3. The number of carbonyl (C=O) groups excluding carboxylic acids is 1. The van der Waals surface area contributed by atoms with Crippen molar-refractivity contribution in [3.8, 4) is 0 Å². The molecule has 1 atom stereocenters. The highest BCUT2D eigenvalue weighted by Gasteiger charge is 2.16. The third-order valence-corrected chi connectivity index (χ3v) is 2.60. The van der Waals surface area contributed by atoms with Gasteiger partial charge in [-0.3, -0.25) is 4.79 Å². The summed E-state index contributed by atoms with van der Waals surface area (Å²) in [7, 11) is 0. The average Bonchev–Trinajstić information content (AvgIpc) is 3.00. The Morgan fingerprint density at radius 2 is 2.29 bits per heavy atom. The monoisotopic (exact) mass is 253 g/mol. The SMILES string of the molecule is CC(NC(=O)c1ccc(CCl)o1)c1ccco1. The van der Waals surface area contributed by atoms with Crippen LogP contribution in [0.15, 0.2) is 39.4 Å². The minimum Gasteiger partial charge on any atom is -0.467 e. The van der Waals surface area contributed by atoms with Gasteiger partial charge in [-0.1, -0.05) is 0 Å². The van der Waals surface area contributed by atoms with E-state index in [9.17, 15) is 4.79 Å². The molecule has 1 N–H and O–H groups in total. The lowest BCUT2D eigenvalue weighted by atomic mass is 10.2. The molecule has 0 aliphatic carbocycles. The number of amides is 1. The van der Waals surface area contributed by atoms with Crippen LogP contribution in [0.1, 0.15) is 35.0 Å². The highest BCUT2D eigenvalue weighted by atomic mass is 35.5. The molecular formula is C12H12ClNO3. The minimum atomic E-state index is -0.287. The van der Waals surface area contributed by atoms with Crippen LogP contribution in [0.25, 0.3) is 0 Å². The van der Waals surface area contributed by atoms with Crippen molar-refractivity contribution in [2.24, 2.45) is 0 Å². The average molecular weight is 254 g/mol. The molecular weight excluding hydrogens is 242 g/mol. The normalized spacial score (nSPS) is 12.4. The van der Waals surface area contributed by atoms with Crippen molar-refractivity contribution in [2.75, 3.05) is 0 Å². The third-order valence-electron chi connectivity index (χ3n) is 2.33. The zero-order valence-electron chi connectivity index (χ0n) is 9.27. The van der Waals surface area contributed by atoms with Crippen LogP contribution in [0.3, 0.4) is 0 Å². The molecule has 0 fully saturated rings. The lowest BCUT2D eigenvalue weighted by molar-refractivity contribution is 0.0906. The molecule has 2 rings (SSSR count). The van der Waals surface area contributed by atoms with Gasteiger partial charge in [-0.2, -0.15) is 0 Å². The van der Waals surface area contributed by atoms with E-state index in [4.69, 9.17) is 20.4 Å². The van der Waals surface area contributed by atoms with E-state index >= 15 is 0 Å². The number of carbonyl (C=O) groups is 1. The van der Waals surface area contributed by atoms with Crippen LogP contribution < -0.4 is 5.32 Å². The number of rotatable bonds is 4. The molecule has 5 heteroatoms. The number of hydrogen-bond donors (Lipinski definition) is 1. The molecule has 1 unspecified atom stereocenters. The van der Waals surface area contributed by atoms with Crippen molar-refractivity contribution in [1.29, 1.82) is 0 Å². The van der Waals surface area contributed by atoms with E-state index in [-0.39, 0.29) is 23.6 Å². The molecule has 1 amide bonds. The van der Waals surface area contributed by atoms with Gasteiger partial charge in [0.15, 0.2) is 5.76 Å². The van der Waals surface area contributed by atoms with E-state index in [0.717, 1.165) is 0 Å². The summed E-state index contributed by atoms with van der Waals surface area (Å²) in [4.78, 5) is 11.8. The predicted molar refractivity (Wildman–Crippen MR) is 62.9 cm³/mol. The van der Waals surface area contributed by atoms with Crippen LogP contribution in [0.2, 0.25) is 0 Å². The summed E-state index contributed by atoms with van der Waals surface area (Å²) in [5, 5.41) is 2.77. The van der Waals surface area contributed by atoms with Crippen LogP contribution in [0.5, 0.6) is 0 Å². The molecule has 2 aromatic heterocycles. The van der Waals surface area contributed by atoms with Gasteiger partial charge in [-0.05, 0) is 31.2 Å². The second-order valence-corrected chi connectivity index (χ2v) is 3.88. The fourth-order valence-electron chi connectivity index (χ4n) is 1.45. The van der Waals surface area contributed by atoms with Crippen LogP contribution >= 0.6 is 11.6 Å². The number of nitrogens with one attached hydrogen (secondary N) is 1. The van der Waals surface area contributed by atoms with E-state index in [2.05, 4.69) is 5.32 Å². The smallest absolute Gasteiger partial charge is 0.287 e. The summed E-state index contributed by atoms with van der Waals surface area (Å²) in [6, 6.07) is 6.65. The van der Waals surface area contributed by atoms with Crippen LogP contribution in [0.4, 0.5) is 0 Å². The van der Waals surface area contributed by atoms with Gasteiger partial charge in [-0.15, -0.1) is 11.6 Å². The third kappa shape index (κ3) is 2.71. The first kappa shape index (κ1) is 11.8. The summed E-state index contributed by atoms with van der Waals surface area (Å²) in [5.74, 6) is 1.48. The van der Waals surface area contributed by atoms with E-state index in [1.54, 1.807) is 30.5 Å². The molecule has 90 valence electrons. The fourth-order valence-corrected chi connectivity index (χ4v) is 1.59. The summed E-state index contributed by atoms with van der Waals surface area (Å²) in [6.45, 7) is 1.84. The molecule has 0 saturated heterocycles. The lowest BCUT2D eigenvalue weighted by Crippen LogP contribution is -2.25. The van der Waals surface area contributed by atoms with Crippen molar-refractivity contribution in [3.05, 3.63) is 47.8 Å². The number of hydrogen-bond acceptors (Lipinski definition) is 3. The maximum Gasteiger partial charge on any atom is 0.287 e. The Labute approximate surface area is 104 Å². The molecule has 0 aliphatic rings. The van der Waals surface area contributed by atoms with Gasteiger partial charge in [-0.25, -0.2) is 0 Å². The Balaban J connectivity index is 2.01. The Morgan fingerprint density at radius 3 is 2.88 bits per heavy atom. The van der Waals surface area contributed by atoms with Gasteiger partial charge >= 0.3 is 0 Å². The first-order valence-corrected chi connectivity index (χ1v) is 5.73. The van der Waals surface area contributed by atoms with Crippen molar-refractivity contribution in [2.45, 2.75) is 18.8 Å². The molecule has 0 aliphatic heterocycles. The maximum atomic E-state index is 11.8. The van der Waals surface area contributed by atoms with Gasteiger partial charge in [0.1, 0.15) is 11.5 Å². The summed E-state index contributed by atoms with van der Waals surface area (Å²) in [5.41, 5.74) is 0. The predicted octanol–water partition coefficient (Wildman–Crippen LogP) is 3.10. The van der Waals surface area contributed by atoms with Crippen LogP contribution in [-0.2, 0) is 5.88 Å². The highest BCUT2D eigenvalue weighted by molar-refractivity contribution is 6.16. The summed E-state index contributed by atoms with van der Waals surface area (Å²) in [6.07, 6.45) is 1.57. The standard InChI is InChI=1S/C12H12ClNO3/c1-8(10-3-2-6-16-10)14-12(15)11-5-4-9(7-13)17-11/h2-6,8H,7H2,1H3,(H,14,15). The van der Waals surface area contributed by atoms with E-state index in [0.29, 0.717) is 11.5 Å². The van der Waals surface area contributed by atoms with Gasteiger partial charge < -0.3 is 14.2 Å². The van der Waals surface area contributed by atoms with Crippen molar-refractivity contribution < 1.29 is 13.6 Å². The van der Waals surface area contributed by atoms with Crippen molar-refractivity contribution >= 4 is 17.5 Å². The highest BCUT2D eigenvalue weighted by Crippen LogP contribution is 2.15. The Kier molecular flexibility index (Phi) is 3.54. The summed E-state index contributed by atoms with van der Waals surface area (Å²) < 4.78 is 10.4. The van der Waals surface area contributed by atoms with Gasteiger partial charge in [0.2, 0.25) is 0 Å². The minimum absolute atomic E-state index is 0.206. The fraction of sp³-hybridized carbons (Fsp3) is 0.250. The molecule has 2 aromatic rings. The van der Waals surface area contributed by atoms with Crippen LogP contribution in [-0.4, -0.2) is 5.91 Å². The molecule has 0 radical (unpaired) electrons. The van der Waals surface area contributed by atoms with E-state index in [1.165, 1.54) is 0 Å². The lowest BCUT2D eigenvalue weighted by Gasteiger charge is -2.09. The number of furan rings is 2.